The molecular weight excluding hydrogens is 552 g/mol. The number of nitrogens with one attached hydrogen (secondary N) is 2. The van der Waals surface area contributed by atoms with Crippen LogP contribution >= 0.6 is 11.6 Å². The lowest BCUT2D eigenvalue weighted by Crippen LogP contribution is -2.44. The molecule has 0 aromatic heterocycles. The number of benzene rings is 3. The van der Waals surface area contributed by atoms with Crippen molar-refractivity contribution in [3.05, 3.63) is 94.0 Å². The Kier molecular flexibility index (Phi) is 11.4. The summed E-state index contributed by atoms with van der Waals surface area (Å²) < 4.78 is 6.74. The number of aryl methyl sites for hydroxylation is 1. The number of halogens is 1. The fourth-order valence-corrected chi connectivity index (χ4v) is 5.88. The van der Waals surface area contributed by atoms with Crippen LogP contribution in [0.2, 0.25) is 23.2 Å². The van der Waals surface area contributed by atoms with E-state index in [4.69, 9.17) is 16.0 Å². The SMILES string of the molecule is CC(Cc1cccc(CCC(=O)NCc2ccccc2Cl)c1)NCC(O[Si](C)(C)C(C)(C)C)c1cc(O)cc(O)c1. The van der Waals surface area contributed by atoms with E-state index < -0.39 is 8.32 Å². The molecule has 8 heteroatoms. The molecule has 0 bridgehead atoms. The van der Waals surface area contributed by atoms with Crippen LogP contribution in [0.15, 0.2) is 66.7 Å². The van der Waals surface area contributed by atoms with E-state index in [0.717, 1.165) is 23.1 Å². The third-order valence-electron chi connectivity index (χ3n) is 7.80. The van der Waals surface area contributed by atoms with Gasteiger partial charge in [-0.3, -0.25) is 4.79 Å². The Hall–Kier alpha value is -2.84. The highest BCUT2D eigenvalue weighted by Gasteiger charge is 2.39. The Morgan fingerprint density at radius 3 is 2.29 bits per heavy atom. The van der Waals surface area contributed by atoms with Crippen LogP contribution in [-0.4, -0.2) is 37.0 Å². The van der Waals surface area contributed by atoms with Crippen molar-refractivity contribution in [2.75, 3.05) is 6.54 Å². The van der Waals surface area contributed by atoms with Crippen LogP contribution in [0.25, 0.3) is 0 Å². The number of phenolic OH excluding ortho intramolecular Hbond substituents is 2. The second-order valence-corrected chi connectivity index (χ2v) is 17.5. The molecule has 0 fully saturated rings. The van der Waals surface area contributed by atoms with Gasteiger partial charge in [-0.2, -0.15) is 0 Å². The van der Waals surface area contributed by atoms with Crippen molar-refractivity contribution in [1.29, 1.82) is 0 Å². The number of rotatable bonds is 13. The van der Waals surface area contributed by atoms with Crippen molar-refractivity contribution >= 4 is 25.8 Å². The van der Waals surface area contributed by atoms with Gasteiger partial charge in [0.15, 0.2) is 8.32 Å². The summed E-state index contributed by atoms with van der Waals surface area (Å²) in [7, 11) is -2.13. The molecule has 3 aromatic rings. The summed E-state index contributed by atoms with van der Waals surface area (Å²) in [6, 6.07) is 20.7. The average Bonchev–Trinajstić information content (AvgIpc) is 2.88. The molecule has 3 aromatic carbocycles. The highest BCUT2D eigenvalue weighted by atomic mass is 35.5. The number of carbonyl (C=O) groups is 1. The maximum atomic E-state index is 12.4. The van der Waals surface area contributed by atoms with E-state index in [2.05, 4.69) is 69.6 Å². The maximum absolute atomic E-state index is 12.4. The van der Waals surface area contributed by atoms with E-state index in [0.29, 0.717) is 31.0 Å². The topological polar surface area (TPSA) is 90.8 Å². The molecule has 0 saturated heterocycles. The molecule has 4 N–H and O–H groups in total. The fourth-order valence-electron chi connectivity index (χ4n) is 4.39. The number of carbonyl (C=O) groups excluding carboxylic acids is 1. The minimum absolute atomic E-state index is 0.00360. The van der Waals surface area contributed by atoms with E-state index >= 15 is 0 Å². The van der Waals surface area contributed by atoms with Crippen molar-refractivity contribution in [2.24, 2.45) is 0 Å². The smallest absolute Gasteiger partial charge is 0.220 e. The molecule has 41 heavy (non-hydrogen) atoms. The Morgan fingerprint density at radius 1 is 0.976 bits per heavy atom. The molecule has 1 amide bonds. The summed E-state index contributed by atoms with van der Waals surface area (Å²) in [6.07, 6.45) is 1.56. The van der Waals surface area contributed by atoms with Crippen molar-refractivity contribution in [1.82, 2.24) is 10.6 Å². The third kappa shape index (κ3) is 10.2. The van der Waals surface area contributed by atoms with Crippen LogP contribution in [-0.2, 0) is 28.6 Å². The van der Waals surface area contributed by atoms with Gasteiger partial charge in [0.25, 0.3) is 0 Å². The van der Waals surface area contributed by atoms with Crippen LogP contribution in [0.5, 0.6) is 11.5 Å². The highest BCUT2D eigenvalue weighted by Crippen LogP contribution is 2.40. The zero-order valence-electron chi connectivity index (χ0n) is 25.1. The summed E-state index contributed by atoms with van der Waals surface area (Å²) in [4.78, 5) is 12.4. The molecule has 0 radical (unpaired) electrons. The van der Waals surface area contributed by atoms with Gasteiger partial charge >= 0.3 is 0 Å². The van der Waals surface area contributed by atoms with Crippen molar-refractivity contribution in [3.8, 4) is 11.5 Å². The Bertz CT molecular complexity index is 1290. The minimum atomic E-state index is -2.13. The van der Waals surface area contributed by atoms with Crippen molar-refractivity contribution in [2.45, 2.75) is 83.8 Å². The van der Waals surface area contributed by atoms with Gasteiger partial charge in [-0.15, -0.1) is 0 Å². The molecule has 222 valence electrons. The second kappa shape index (κ2) is 14.4. The molecule has 0 saturated carbocycles. The maximum Gasteiger partial charge on any atom is 0.220 e. The van der Waals surface area contributed by atoms with Crippen LogP contribution in [0.4, 0.5) is 0 Å². The lowest BCUT2D eigenvalue weighted by molar-refractivity contribution is -0.121. The molecule has 0 heterocycles. The van der Waals surface area contributed by atoms with Gasteiger partial charge in [0.05, 0.1) is 6.10 Å². The normalized spacial score (nSPS) is 13.5. The molecule has 0 aliphatic carbocycles. The Balaban J connectivity index is 1.57. The first-order chi connectivity index (χ1) is 19.2. The van der Waals surface area contributed by atoms with Gasteiger partial charge < -0.3 is 25.3 Å². The van der Waals surface area contributed by atoms with E-state index in [1.807, 2.05) is 30.3 Å². The first kappa shape index (κ1) is 32.7. The van der Waals surface area contributed by atoms with Gasteiger partial charge in [0, 0.05) is 36.6 Å². The van der Waals surface area contributed by atoms with E-state index in [1.54, 1.807) is 12.1 Å². The standard InChI is InChI=1S/C33H45ClN2O4Si/c1-23(35-22-31(40-41(5,6)33(2,3)4)27-18-28(37)20-29(38)19-27)16-25-11-9-10-24(17-25)14-15-32(39)36-21-26-12-7-8-13-30(26)34/h7-13,17-20,23,31,35,37-38H,14-16,21-22H2,1-6H3,(H,36,39). The molecule has 6 nitrogen and oxygen atoms in total. The quantitative estimate of drug-likeness (QED) is 0.156. The lowest BCUT2D eigenvalue weighted by atomic mass is 10.0. The summed E-state index contributed by atoms with van der Waals surface area (Å²) in [6.45, 7) is 14.1. The average molecular weight is 597 g/mol. The first-order valence-corrected chi connectivity index (χ1v) is 17.5. The van der Waals surface area contributed by atoms with Crippen LogP contribution in [0, 0.1) is 0 Å². The third-order valence-corrected chi connectivity index (χ3v) is 12.7. The Labute approximate surface area is 251 Å². The summed E-state index contributed by atoms with van der Waals surface area (Å²) >= 11 is 6.19. The second-order valence-electron chi connectivity index (χ2n) is 12.4. The molecule has 0 aliphatic rings. The van der Waals surface area contributed by atoms with Gasteiger partial charge in [0.2, 0.25) is 5.91 Å². The van der Waals surface area contributed by atoms with Crippen LogP contribution in [0.1, 0.15) is 62.5 Å². The summed E-state index contributed by atoms with van der Waals surface area (Å²) in [5.41, 5.74) is 3.97. The van der Waals surface area contributed by atoms with E-state index in [-0.39, 0.29) is 34.6 Å². The highest BCUT2D eigenvalue weighted by molar-refractivity contribution is 6.74. The molecule has 2 unspecified atom stereocenters. The first-order valence-electron chi connectivity index (χ1n) is 14.3. The summed E-state index contributed by atoms with van der Waals surface area (Å²) in [5.74, 6) is 0.0357. The van der Waals surface area contributed by atoms with E-state index in [9.17, 15) is 15.0 Å². The number of phenols is 2. The monoisotopic (exact) mass is 596 g/mol. The largest absolute Gasteiger partial charge is 0.508 e. The molecule has 0 aliphatic heterocycles. The van der Waals surface area contributed by atoms with Gasteiger partial charge in [-0.25, -0.2) is 0 Å². The van der Waals surface area contributed by atoms with Crippen LogP contribution in [0.3, 0.4) is 0 Å². The molecule has 0 spiro atoms. The molecular formula is C33H45ClN2O4Si. The lowest BCUT2D eigenvalue weighted by Gasteiger charge is -2.39. The van der Waals surface area contributed by atoms with E-state index in [1.165, 1.54) is 11.6 Å². The number of hydrogen-bond acceptors (Lipinski definition) is 5. The minimum Gasteiger partial charge on any atom is -0.508 e. The van der Waals surface area contributed by atoms with Gasteiger partial charge in [-0.05, 0) is 78.4 Å². The van der Waals surface area contributed by atoms with Gasteiger partial charge in [0.1, 0.15) is 11.5 Å². The molecule has 2 atom stereocenters. The number of amides is 1. The van der Waals surface area contributed by atoms with Crippen molar-refractivity contribution < 1.29 is 19.4 Å². The number of aromatic hydroxyl groups is 2. The van der Waals surface area contributed by atoms with Crippen molar-refractivity contribution in [3.63, 3.8) is 0 Å². The summed E-state index contributed by atoms with van der Waals surface area (Å²) in [5, 5.41) is 27.5. The zero-order chi connectivity index (χ0) is 30.2. The zero-order valence-corrected chi connectivity index (χ0v) is 26.9. The molecule has 3 rings (SSSR count). The van der Waals surface area contributed by atoms with Gasteiger partial charge in [-0.1, -0.05) is 74.8 Å². The predicted octanol–water partition coefficient (Wildman–Crippen LogP) is 7.28. The predicted molar refractivity (Wildman–Crippen MR) is 170 cm³/mol. The van der Waals surface area contributed by atoms with Crippen LogP contribution < -0.4 is 10.6 Å². The Morgan fingerprint density at radius 2 is 1.63 bits per heavy atom. The fraction of sp³-hybridized carbons (Fsp3) is 0.424. The number of hydrogen-bond donors (Lipinski definition) is 4.